The number of nitrogens with two attached hydrogens (primary N) is 1. The molecular weight excluding hydrogens is 269 g/mol. The van der Waals surface area contributed by atoms with Crippen molar-refractivity contribution in [2.24, 2.45) is 21.0 Å². The zero-order valence-electron chi connectivity index (χ0n) is 11.0. The molecule has 1 heterocycles. The van der Waals surface area contributed by atoms with Crippen molar-refractivity contribution < 1.29 is 4.39 Å². The van der Waals surface area contributed by atoms with Gasteiger partial charge in [0.25, 0.3) is 0 Å². The van der Waals surface area contributed by atoms with Crippen LogP contribution < -0.4 is 11.2 Å². The van der Waals surface area contributed by atoms with Crippen LogP contribution in [0.3, 0.4) is 0 Å². The summed E-state index contributed by atoms with van der Waals surface area (Å²) in [5.41, 5.74) is 10.9. The minimum absolute atomic E-state index is 0.192. The molecule has 1 aliphatic rings. The number of para-hydroxylation sites is 1. The number of benzene rings is 2. The topological polar surface area (TPSA) is 75.1 Å². The summed E-state index contributed by atoms with van der Waals surface area (Å²) in [6.45, 7) is 0. The highest BCUT2D eigenvalue weighted by Gasteiger charge is 2.21. The Bertz CT molecular complexity index is 750. The van der Waals surface area contributed by atoms with Crippen molar-refractivity contribution in [3.63, 3.8) is 0 Å². The molecule has 21 heavy (non-hydrogen) atoms. The van der Waals surface area contributed by atoms with E-state index >= 15 is 0 Å². The van der Waals surface area contributed by atoms with Gasteiger partial charge in [0.15, 0.2) is 11.5 Å². The molecule has 104 valence electrons. The number of nitrogens with zero attached hydrogens (tertiary/aromatic N) is 3. The Morgan fingerprint density at radius 1 is 1.00 bits per heavy atom. The molecule has 2 aromatic carbocycles. The van der Waals surface area contributed by atoms with Gasteiger partial charge in [-0.2, -0.15) is 5.10 Å². The molecule has 2 aromatic rings. The van der Waals surface area contributed by atoms with Gasteiger partial charge in [0.2, 0.25) is 0 Å². The molecule has 0 saturated carbocycles. The standard InChI is InChI=1S/C15H12FN5/c16-11-6-4-5-10(9-11)13-14(15(17)21-19-13)20-18-12-7-2-1-3-8-12/h1-9,18H,(H2,17,20,21). The number of rotatable bonds is 3. The van der Waals surface area contributed by atoms with Crippen molar-refractivity contribution in [2.75, 3.05) is 5.43 Å². The van der Waals surface area contributed by atoms with Crippen LogP contribution >= 0.6 is 0 Å². The maximum absolute atomic E-state index is 13.3. The first-order valence-corrected chi connectivity index (χ1v) is 6.30. The molecule has 0 unspecified atom stereocenters. The van der Waals surface area contributed by atoms with Gasteiger partial charge in [0, 0.05) is 5.56 Å². The molecule has 0 bridgehead atoms. The Kier molecular flexibility index (Phi) is 3.42. The molecule has 3 rings (SSSR count). The number of hydrogen-bond acceptors (Lipinski definition) is 5. The first kappa shape index (κ1) is 13.0. The van der Waals surface area contributed by atoms with E-state index in [2.05, 4.69) is 20.7 Å². The third-order valence-corrected chi connectivity index (χ3v) is 2.89. The van der Waals surface area contributed by atoms with Gasteiger partial charge >= 0.3 is 0 Å². The van der Waals surface area contributed by atoms with E-state index < -0.39 is 0 Å². The van der Waals surface area contributed by atoms with E-state index in [1.54, 1.807) is 12.1 Å². The van der Waals surface area contributed by atoms with Crippen LogP contribution in [-0.2, 0) is 0 Å². The minimum Gasteiger partial charge on any atom is -0.380 e. The smallest absolute Gasteiger partial charge is 0.176 e. The van der Waals surface area contributed by atoms with Crippen molar-refractivity contribution in [1.29, 1.82) is 0 Å². The molecule has 0 aromatic heterocycles. The Balaban J connectivity index is 1.89. The first-order valence-electron chi connectivity index (χ1n) is 6.30. The predicted octanol–water partition coefficient (Wildman–Crippen LogP) is 2.37. The molecule has 0 spiro atoms. The lowest BCUT2D eigenvalue weighted by atomic mass is 10.1. The fraction of sp³-hybridized carbons (Fsp3) is 0. The van der Waals surface area contributed by atoms with Crippen molar-refractivity contribution in [2.45, 2.75) is 0 Å². The highest BCUT2D eigenvalue weighted by Crippen LogP contribution is 2.12. The lowest BCUT2D eigenvalue weighted by Crippen LogP contribution is -2.28. The molecule has 0 aliphatic carbocycles. The van der Waals surface area contributed by atoms with Crippen molar-refractivity contribution in [3.8, 4) is 0 Å². The Hall–Kier alpha value is -3.02. The molecule has 6 heteroatoms. The zero-order chi connectivity index (χ0) is 14.7. The number of nitrogens with one attached hydrogen (secondary N) is 1. The van der Waals surface area contributed by atoms with Crippen molar-refractivity contribution >= 4 is 22.9 Å². The van der Waals surface area contributed by atoms with Gasteiger partial charge in [0.05, 0.1) is 5.69 Å². The summed E-state index contributed by atoms with van der Waals surface area (Å²) in [5.74, 6) is -0.159. The monoisotopic (exact) mass is 281 g/mol. The van der Waals surface area contributed by atoms with E-state index in [4.69, 9.17) is 5.73 Å². The van der Waals surface area contributed by atoms with Crippen LogP contribution in [0.5, 0.6) is 0 Å². The summed E-state index contributed by atoms with van der Waals surface area (Å²) in [6, 6.07) is 15.5. The van der Waals surface area contributed by atoms with Crippen LogP contribution in [0, 0.1) is 5.82 Å². The van der Waals surface area contributed by atoms with Crippen LogP contribution in [-0.4, -0.2) is 17.3 Å². The van der Waals surface area contributed by atoms with Gasteiger partial charge in [-0.3, -0.25) is 5.43 Å². The number of hydrazone groups is 1. The van der Waals surface area contributed by atoms with Crippen LogP contribution in [0.15, 0.2) is 69.9 Å². The quantitative estimate of drug-likeness (QED) is 0.847. The molecule has 0 fully saturated rings. The van der Waals surface area contributed by atoms with Gasteiger partial charge in [0.1, 0.15) is 11.5 Å². The zero-order valence-corrected chi connectivity index (χ0v) is 11.0. The summed E-state index contributed by atoms with van der Waals surface area (Å²) < 4.78 is 13.3. The van der Waals surface area contributed by atoms with E-state index in [1.165, 1.54) is 12.1 Å². The molecular formula is C15H12FN5. The van der Waals surface area contributed by atoms with Crippen LogP contribution in [0.1, 0.15) is 5.56 Å². The SMILES string of the molecule is NC1=NN=C(c2cccc(F)c2)/C1=N\Nc1ccccc1. The second kappa shape index (κ2) is 5.54. The third-order valence-electron chi connectivity index (χ3n) is 2.89. The van der Waals surface area contributed by atoms with E-state index in [0.29, 0.717) is 17.0 Å². The average Bonchev–Trinajstić information content (AvgIpc) is 2.87. The summed E-state index contributed by atoms with van der Waals surface area (Å²) in [6.07, 6.45) is 0. The Morgan fingerprint density at radius 3 is 2.57 bits per heavy atom. The molecule has 1 aliphatic heterocycles. The maximum Gasteiger partial charge on any atom is 0.176 e. The predicted molar refractivity (Wildman–Crippen MR) is 82.1 cm³/mol. The molecule has 0 radical (unpaired) electrons. The second-order valence-corrected chi connectivity index (χ2v) is 4.38. The first-order chi connectivity index (χ1) is 10.2. The molecule has 3 N–H and O–H groups in total. The van der Waals surface area contributed by atoms with Crippen molar-refractivity contribution in [1.82, 2.24) is 0 Å². The summed E-state index contributed by atoms with van der Waals surface area (Å²) in [5, 5.41) is 12.0. The van der Waals surface area contributed by atoms with Gasteiger partial charge < -0.3 is 5.73 Å². The van der Waals surface area contributed by atoms with Crippen LogP contribution in [0.2, 0.25) is 0 Å². The van der Waals surface area contributed by atoms with Crippen molar-refractivity contribution in [3.05, 3.63) is 66.0 Å². The molecule has 0 amide bonds. The van der Waals surface area contributed by atoms with E-state index in [1.807, 2.05) is 30.3 Å². The normalized spacial score (nSPS) is 15.8. The van der Waals surface area contributed by atoms with Gasteiger partial charge in [-0.15, -0.1) is 10.2 Å². The number of halogens is 1. The summed E-state index contributed by atoms with van der Waals surface area (Å²) in [7, 11) is 0. The minimum atomic E-state index is -0.351. The van der Waals surface area contributed by atoms with Crippen LogP contribution in [0.4, 0.5) is 10.1 Å². The van der Waals surface area contributed by atoms with Gasteiger partial charge in [-0.25, -0.2) is 4.39 Å². The molecule has 0 saturated heterocycles. The third kappa shape index (κ3) is 2.79. The highest BCUT2D eigenvalue weighted by molar-refractivity contribution is 6.72. The Labute approximate surface area is 120 Å². The number of hydrogen-bond donors (Lipinski definition) is 2. The number of amidine groups is 1. The van der Waals surface area contributed by atoms with Gasteiger partial charge in [-0.1, -0.05) is 30.3 Å². The fourth-order valence-electron chi connectivity index (χ4n) is 1.89. The fourth-order valence-corrected chi connectivity index (χ4v) is 1.89. The lowest BCUT2D eigenvalue weighted by Gasteiger charge is -2.05. The number of anilines is 1. The van der Waals surface area contributed by atoms with E-state index in [-0.39, 0.29) is 11.7 Å². The summed E-state index contributed by atoms with van der Waals surface area (Å²) in [4.78, 5) is 0. The lowest BCUT2D eigenvalue weighted by molar-refractivity contribution is 0.627. The van der Waals surface area contributed by atoms with Crippen LogP contribution in [0.25, 0.3) is 0 Å². The molecule has 5 nitrogen and oxygen atoms in total. The molecule has 0 atom stereocenters. The summed E-state index contributed by atoms with van der Waals surface area (Å²) >= 11 is 0. The van der Waals surface area contributed by atoms with E-state index in [9.17, 15) is 4.39 Å². The highest BCUT2D eigenvalue weighted by atomic mass is 19.1. The largest absolute Gasteiger partial charge is 0.380 e. The van der Waals surface area contributed by atoms with Gasteiger partial charge in [-0.05, 0) is 24.3 Å². The van der Waals surface area contributed by atoms with E-state index in [0.717, 1.165) is 5.69 Å². The second-order valence-electron chi connectivity index (χ2n) is 4.38. The maximum atomic E-state index is 13.3. The average molecular weight is 281 g/mol. The Morgan fingerprint density at radius 2 is 1.81 bits per heavy atom.